The highest BCUT2D eigenvalue weighted by molar-refractivity contribution is 5.96. The Labute approximate surface area is 532 Å². The van der Waals surface area contributed by atoms with Gasteiger partial charge in [-0.2, -0.15) is 19.2 Å². The van der Waals surface area contributed by atoms with Gasteiger partial charge in [-0.3, -0.25) is 29.0 Å². The number of hydrogen-bond acceptors (Lipinski definition) is 18. The first-order valence-corrected chi connectivity index (χ1v) is 31.2. The van der Waals surface area contributed by atoms with Crippen molar-refractivity contribution < 1.29 is 52.5 Å². The molecule has 488 valence electrons. The van der Waals surface area contributed by atoms with E-state index in [-0.39, 0.29) is 67.3 Å². The Morgan fingerprint density at radius 2 is 1.10 bits per heavy atom. The van der Waals surface area contributed by atoms with Gasteiger partial charge in [-0.1, -0.05) is 77.3 Å². The SMILES string of the molecule is C=CC(=O)N1CCC1C(=O)Cc1cccc(CN(C(=O)OC(C)(C)C)c2cc(NC3CCOCC3)nc3c(C(C)C)cnn23)c1.C=CC(=O)N1CCC1OC=O.CC(C)c1cnn2c(N(Cc3cccc(N)c3)C(=O)OC(C)(C)C)cc(NC3CCOCC3)nc12. The summed E-state index contributed by atoms with van der Waals surface area (Å²) in [7, 11) is 0. The number of nitrogens with one attached hydrogen (secondary N) is 2. The number of aromatic nitrogens is 6. The topological polar surface area (TPSA) is 272 Å². The van der Waals surface area contributed by atoms with E-state index in [1.807, 2.05) is 108 Å². The number of anilines is 5. The van der Waals surface area contributed by atoms with Gasteiger partial charge in [-0.05, 0) is 126 Å². The third kappa shape index (κ3) is 18.0. The number of ether oxygens (including phenoxy) is 5. The lowest BCUT2D eigenvalue weighted by Crippen LogP contribution is -2.55. The predicted molar refractivity (Wildman–Crippen MR) is 348 cm³/mol. The quantitative estimate of drug-likeness (QED) is 0.0294. The molecule has 2 unspecified atom stereocenters. The Hall–Kier alpha value is -8.90. The van der Waals surface area contributed by atoms with Crippen LogP contribution in [0.1, 0.15) is 147 Å². The van der Waals surface area contributed by atoms with Crippen LogP contribution in [0.3, 0.4) is 0 Å². The van der Waals surface area contributed by atoms with E-state index in [0.29, 0.717) is 79.4 Å². The number of likely N-dealkylation sites (tertiary alicyclic amines) is 2. The number of rotatable bonds is 19. The zero-order valence-corrected chi connectivity index (χ0v) is 54.2. The highest BCUT2D eigenvalue weighted by Crippen LogP contribution is 2.33. The van der Waals surface area contributed by atoms with Gasteiger partial charge in [-0.25, -0.2) is 19.6 Å². The second-order valence-electron chi connectivity index (χ2n) is 25.6. The summed E-state index contributed by atoms with van der Waals surface area (Å²) in [5.74, 6) is 2.39. The maximum atomic E-state index is 13.9. The molecule has 0 bridgehead atoms. The molecule has 4 amide bonds. The molecule has 2 aromatic carbocycles. The van der Waals surface area contributed by atoms with Gasteiger partial charge >= 0.3 is 12.2 Å². The number of fused-ring (bicyclic) bond motifs is 2. The second kappa shape index (κ2) is 30.3. The van der Waals surface area contributed by atoms with Crippen LogP contribution in [0.2, 0.25) is 0 Å². The molecule has 0 radical (unpaired) electrons. The third-order valence-electron chi connectivity index (χ3n) is 15.6. The van der Waals surface area contributed by atoms with Crippen molar-refractivity contribution in [3.05, 3.63) is 126 Å². The predicted octanol–water partition coefficient (Wildman–Crippen LogP) is 10.2. The van der Waals surface area contributed by atoms with E-state index < -0.39 is 29.4 Å². The summed E-state index contributed by atoms with van der Waals surface area (Å²) in [5.41, 5.74) is 11.1. The summed E-state index contributed by atoms with van der Waals surface area (Å²) < 4.78 is 30.8. The molecular weight excluding hydrogens is 1160 g/mol. The maximum absolute atomic E-state index is 13.9. The normalized spacial score (nSPS) is 16.9. The smallest absolute Gasteiger partial charge is 0.416 e. The van der Waals surface area contributed by atoms with E-state index in [4.69, 9.17) is 34.6 Å². The molecule has 10 rings (SSSR count). The molecule has 6 aromatic rings. The number of hydrogen-bond donors (Lipinski definition) is 3. The Bertz CT molecular complexity index is 3560. The van der Waals surface area contributed by atoms with Crippen LogP contribution in [0.5, 0.6) is 0 Å². The monoisotopic (exact) mass is 1250 g/mol. The van der Waals surface area contributed by atoms with Crippen LogP contribution in [0.4, 0.5) is 38.5 Å². The number of carbonyl (C=O) groups is 6. The summed E-state index contributed by atoms with van der Waals surface area (Å²) >= 11 is 0. The maximum Gasteiger partial charge on any atom is 0.416 e. The summed E-state index contributed by atoms with van der Waals surface area (Å²) in [6.45, 7) is 31.1. The molecule has 4 aliphatic heterocycles. The van der Waals surface area contributed by atoms with Crippen molar-refractivity contribution in [2.24, 2.45) is 0 Å². The van der Waals surface area contributed by atoms with Gasteiger partial charge in [0.2, 0.25) is 11.8 Å². The molecule has 91 heavy (non-hydrogen) atoms. The Balaban J connectivity index is 0.000000205. The van der Waals surface area contributed by atoms with E-state index in [2.05, 4.69) is 66.4 Å². The van der Waals surface area contributed by atoms with Crippen molar-refractivity contribution in [2.75, 3.05) is 65.7 Å². The van der Waals surface area contributed by atoms with Crippen LogP contribution in [0.15, 0.2) is 98.4 Å². The van der Waals surface area contributed by atoms with E-state index in [9.17, 15) is 28.8 Å². The zero-order chi connectivity index (χ0) is 65.7. The van der Waals surface area contributed by atoms with Gasteiger partial charge in [0, 0.05) is 93.4 Å². The first kappa shape index (κ1) is 68.0. The number of nitrogen functional groups attached to an aromatic ring is 1. The minimum absolute atomic E-state index is 0.0185. The molecule has 24 heteroatoms. The Morgan fingerprint density at radius 1 is 0.648 bits per heavy atom. The van der Waals surface area contributed by atoms with Gasteiger partial charge in [0.1, 0.15) is 34.5 Å². The zero-order valence-electron chi connectivity index (χ0n) is 54.2. The molecule has 4 aromatic heterocycles. The van der Waals surface area contributed by atoms with Crippen LogP contribution in [-0.4, -0.2) is 150 Å². The molecule has 0 spiro atoms. The second-order valence-corrected chi connectivity index (χ2v) is 25.6. The molecule has 4 saturated heterocycles. The first-order chi connectivity index (χ1) is 43.3. The average molecular weight is 1250 g/mol. The first-order valence-electron chi connectivity index (χ1n) is 31.2. The summed E-state index contributed by atoms with van der Waals surface area (Å²) in [6.07, 6.45) is 9.80. The van der Waals surface area contributed by atoms with Crippen molar-refractivity contribution in [1.82, 2.24) is 39.0 Å². The van der Waals surface area contributed by atoms with Crippen molar-refractivity contribution in [3.63, 3.8) is 0 Å². The minimum atomic E-state index is -0.732. The van der Waals surface area contributed by atoms with Crippen molar-refractivity contribution in [2.45, 2.75) is 175 Å². The Morgan fingerprint density at radius 3 is 1.51 bits per heavy atom. The van der Waals surface area contributed by atoms with Gasteiger partial charge in [0.25, 0.3) is 6.47 Å². The highest BCUT2D eigenvalue weighted by Gasteiger charge is 2.37. The van der Waals surface area contributed by atoms with E-state index in [0.717, 1.165) is 73.1 Å². The summed E-state index contributed by atoms with van der Waals surface area (Å²) in [4.78, 5) is 89.4. The lowest BCUT2D eigenvalue weighted by molar-refractivity contribution is -0.166. The molecular formula is C67H89N13O11. The van der Waals surface area contributed by atoms with Crippen LogP contribution >= 0.6 is 0 Å². The van der Waals surface area contributed by atoms with Crippen LogP contribution in [-0.2, 0) is 62.4 Å². The molecule has 0 saturated carbocycles. The number of Topliss-reactive ketones (excluding diaryl/α,β-unsaturated/α-hetero) is 1. The van der Waals surface area contributed by atoms with Crippen LogP contribution in [0, 0.1) is 0 Å². The lowest BCUT2D eigenvalue weighted by Gasteiger charge is -2.39. The number of carbonyl (C=O) groups excluding carboxylic acids is 6. The standard InChI is InChI=1S/C34H44N6O5.C26H36N6O3.C7H9NO3/c1-7-31(42)38-14-11-27(38)28(41)18-23-9-8-10-24(17-23)21-39(33(43)45-34(4,5)6)30-19-29(36-25-12-15-44-16-13-25)37-32-26(22(2)3)20-35-40(30)32;1-17(2)21-15-28-32-23(14-22(30-24(21)32)29-20-9-11-34-12-10-20)31(25(33)35-26(3,4)5)16-18-7-6-8-19(27)13-18;1-2-6(10)8-4-3-7(8)11-5-9/h7-10,17,19-20,22,25,27H,1,11-16,18,21H2,2-6H3,(H,36,37);6-8,13-15,17,20H,9-12,16,27H2,1-5H3,(H,29,30);2,5,7H,1,3-4H2. The van der Waals surface area contributed by atoms with E-state index in [1.54, 1.807) is 29.9 Å². The van der Waals surface area contributed by atoms with Gasteiger partial charge in [0.05, 0.1) is 31.5 Å². The molecule has 4 fully saturated rings. The summed E-state index contributed by atoms with van der Waals surface area (Å²) in [5, 5.41) is 16.4. The fraction of sp³-hybridized carbons (Fsp3) is 0.493. The number of ketones is 1. The third-order valence-corrected chi connectivity index (χ3v) is 15.6. The van der Waals surface area contributed by atoms with Crippen LogP contribution in [0.25, 0.3) is 11.3 Å². The fourth-order valence-electron chi connectivity index (χ4n) is 10.7. The molecule has 0 aliphatic carbocycles. The van der Waals surface area contributed by atoms with E-state index in [1.165, 1.54) is 17.1 Å². The average Bonchev–Trinajstić information content (AvgIpc) is 1.72. The number of nitrogens with zero attached hydrogens (tertiary/aromatic N) is 10. The molecule has 2 atom stereocenters. The van der Waals surface area contributed by atoms with Crippen molar-refractivity contribution >= 4 is 76.5 Å². The Kier molecular flexibility index (Phi) is 22.6. The molecule has 8 heterocycles. The fourth-order valence-corrected chi connectivity index (χ4v) is 10.7. The highest BCUT2D eigenvalue weighted by atomic mass is 16.6. The summed E-state index contributed by atoms with van der Waals surface area (Å²) in [6, 6.07) is 18.9. The van der Waals surface area contributed by atoms with Crippen molar-refractivity contribution in [1.29, 1.82) is 0 Å². The number of benzene rings is 2. The minimum Gasteiger partial charge on any atom is -0.444 e. The van der Waals surface area contributed by atoms with Crippen LogP contribution < -0.4 is 26.2 Å². The lowest BCUT2D eigenvalue weighted by atomic mass is 9.93. The van der Waals surface area contributed by atoms with Gasteiger partial charge < -0.3 is 49.9 Å². The number of nitrogens with two attached hydrogens (primary N) is 1. The molecule has 4 aliphatic rings. The number of amides is 4. The molecule has 24 nitrogen and oxygen atoms in total. The largest absolute Gasteiger partial charge is 0.444 e. The van der Waals surface area contributed by atoms with E-state index >= 15 is 0 Å². The van der Waals surface area contributed by atoms with Gasteiger partial charge in [-0.15, -0.1) is 0 Å². The molecule has 4 N–H and O–H groups in total. The van der Waals surface area contributed by atoms with Gasteiger partial charge in [0.15, 0.2) is 23.3 Å². The van der Waals surface area contributed by atoms with Crippen molar-refractivity contribution in [3.8, 4) is 0 Å².